The first-order chi connectivity index (χ1) is 16.7. The van der Waals surface area contributed by atoms with Crippen LogP contribution in [0.4, 0.5) is 0 Å². The largest absolute Gasteiger partial charge is 0.421 e. The molecule has 5 heteroatoms. The van der Waals surface area contributed by atoms with E-state index in [-0.39, 0.29) is 5.91 Å². The van der Waals surface area contributed by atoms with Crippen molar-refractivity contribution in [1.82, 2.24) is 15.5 Å². The number of carbonyl (C=O) groups excluding carboxylic acids is 1. The minimum Gasteiger partial charge on any atom is -0.421 e. The van der Waals surface area contributed by atoms with Gasteiger partial charge >= 0.3 is 0 Å². The normalized spacial score (nSPS) is 20.0. The Morgan fingerprint density at radius 2 is 1.56 bits per heavy atom. The maximum Gasteiger partial charge on any atom is 0.247 e. The lowest BCUT2D eigenvalue weighted by atomic mass is 9.59. The fourth-order valence-electron chi connectivity index (χ4n) is 5.68. The second kappa shape index (κ2) is 8.56. The molecule has 34 heavy (non-hydrogen) atoms. The monoisotopic (exact) mass is 449 g/mol. The molecule has 0 saturated heterocycles. The molecular formula is C29H27N3O2. The minimum atomic E-state index is 0.0260. The summed E-state index contributed by atoms with van der Waals surface area (Å²) in [6.07, 6.45) is 1.85. The van der Waals surface area contributed by atoms with Crippen molar-refractivity contribution in [3.63, 3.8) is 0 Å². The van der Waals surface area contributed by atoms with Gasteiger partial charge in [0.25, 0.3) is 0 Å². The Kier molecular flexibility index (Phi) is 5.25. The van der Waals surface area contributed by atoms with Crippen molar-refractivity contribution in [3.05, 3.63) is 107 Å². The van der Waals surface area contributed by atoms with Crippen molar-refractivity contribution in [3.8, 4) is 11.5 Å². The van der Waals surface area contributed by atoms with E-state index in [1.165, 1.54) is 27.8 Å². The summed E-state index contributed by atoms with van der Waals surface area (Å²) in [4.78, 5) is 12.7. The second-order valence-electron chi connectivity index (χ2n) is 9.45. The van der Waals surface area contributed by atoms with E-state index in [1.54, 1.807) is 0 Å². The Hall–Kier alpha value is -3.73. The molecule has 0 radical (unpaired) electrons. The third-order valence-corrected chi connectivity index (χ3v) is 7.32. The van der Waals surface area contributed by atoms with E-state index in [9.17, 15) is 4.79 Å². The highest BCUT2D eigenvalue weighted by atomic mass is 16.4. The lowest BCUT2D eigenvalue weighted by Crippen LogP contribution is -2.39. The second-order valence-corrected chi connectivity index (χ2v) is 9.45. The van der Waals surface area contributed by atoms with Crippen molar-refractivity contribution < 1.29 is 9.21 Å². The van der Waals surface area contributed by atoms with Crippen molar-refractivity contribution in [2.45, 2.75) is 38.0 Å². The van der Waals surface area contributed by atoms with Crippen LogP contribution in [0.1, 0.15) is 58.4 Å². The number of aryl methyl sites for hydroxylation is 2. The molecule has 3 aliphatic rings. The van der Waals surface area contributed by atoms with E-state index in [4.69, 9.17) is 4.42 Å². The molecule has 5 nitrogen and oxygen atoms in total. The number of amides is 1. The van der Waals surface area contributed by atoms with Gasteiger partial charge in [0.2, 0.25) is 17.7 Å². The van der Waals surface area contributed by atoms with E-state index in [1.807, 2.05) is 31.2 Å². The van der Waals surface area contributed by atoms with Crippen LogP contribution in [0.5, 0.6) is 0 Å². The Labute approximate surface area is 199 Å². The molecule has 0 aliphatic heterocycles. The molecule has 1 unspecified atom stereocenters. The number of nitrogens with one attached hydrogen (secondary N) is 1. The summed E-state index contributed by atoms with van der Waals surface area (Å²) in [5, 5.41) is 11.4. The maximum atomic E-state index is 12.7. The number of nitrogens with zero attached hydrogens (tertiary/aromatic N) is 2. The molecule has 1 aromatic heterocycles. The van der Waals surface area contributed by atoms with Crippen LogP contribution in [0.15, 0.2) is 77.2 Å². The molecule has 1 heterocycles. The highest BCUT2D eigenvalue weighted by molar-refractivity contribution is 5.76. The fraction of sp³-hybridized carbons (Fsp3) is 0.276. The van der Waals surface area contributed by atoms with Crippen LogP contribution in [0, 0.1) is 12.8 Å². The van der Waals surface area contributed by atoms with Crippen LogP contribution in [0.3, 0.4) is 0 Å². The summed E-state index contributed by atoms with van der Waals surface area (Å²) >= 11 is 0. The first-order valence-electron chi connectivity index (χ1n) is 12.0. The lowest BCUT2D eigenvalue weighted by Gasteiger charge is -2.45. The average Bonchev–Trinajstić information content (AvgIpc) is 3.36. The van der Waals surface area contributed by atoms with Gasteiger partial charge in [0, 0.05) is 36.8 Å². The number of fused-ring (bicyclic) bond motifs is 1. The topological polar surface area (TPSA) is 68.0 Å². The van der Waals surface area contributed by atoms with E-state index in [2.05, 4.69) is 64.0 Å². The highest BCUT2D eigenvalue weighted by Gasteiger charge is 2.42. The molecule has 0 fully saturated rings. The van der Waals surface area contributed by atoms with Gasteiger partial charge in [0.05, 0.1) is 0 Å². The van der Waals surface area contributed by atoms with Gasteiger partial charge in [-0.25, -0.2) is 0 Å². The zero-order valence-electron chi connectivity index (χ0n) is 19.2. The molecule has 1 amide bonds. The van der Waals surface area contributed by atoms with Gasteiger partial charge < -0.3 is 9.73 Å². The third kappa shape index (κ3) is 3.71. The van der Waals surface area contributed by atoms with Crippen molar-refractivity contribution in [2.75, 3.05) is 6.54 Å². The fourth-order valence-corrected chi connectivity index (χ4v) is 5.68. The van der Waals surface area contributed by atoms with Crippen LogP contribution in [-0.2, 0) is 11.2 Å². The number of carbonyl (C=O) groups is 1. The number of benzene rings is 3. The first-order valence-corrected chi connectivity index (χ1v) is 12.0. The van der Waals surface area contributed by atoms with Crippen molar-refractivity contribution >= 4 is 5.91 Å². The van der Waals surface area contributed by atoms with Crippen LogP contribution >= 0.6 is 0 Å². The molecule has 0 saturated carbocycles. The maximum absolute atomic E-state index is 12.7. The standard InChI is InChI=1S/C29H27N3O2/c1-18-10-12-19(13-11-18)29-32-31-27(34-29)15-14-26(33)30-17-20-16-25-21-6-2-4-8-23(21)28(20)24-9-5-3-7-22(24)25/h2-13,20,25,28H,14-17H2,1H3,(H,30,33). The Bertz CT molecular complexity index is 1290. The summed E-state index contributed by atoms with van der Waals surface area (Å²) < 4.78 is 5.77. The molecule has 3 aromatic carbocycles. The molecule has 0 spiro atoms. The number of rotatable bonds is 6. The van der Waals surface area contributed by atoms with Gasteiger partial charge in [-0.1, -0.05) is 66.2 Å². The zero-order valence-corrected chi connectivity index (χ0v) is 19.2. The van der Waals surface area contributed by atoms with Crippen molar-refractivity contribution in [2.24, 2.45) is 5.92 Å². The molecular weight excluding hydrogens is 422 g/mol. The summed E-state index contributed by atoms with van der Waals surface area (Å²) in [6, 6.07) is 25.6. The average molecular weight is 450 g/mol. The van der Waals surface area contributed by atoms with E-state index in [0.29, 0.717) is 48.9 Å². The van der Waals surface area contributed by atoms with E-state index >= 15 is 0 Å². The Morgan fingerprint density at radius 3 is 2.24 bits per heavy atom. The Morgan fingerprint density at radius 1 is 0.912 bits per heavy atom. The summed E-state index contributed by atoms with van der Waals surface area (Å²) in [5.74, 6) is 2.16. The van der Waals surface area contributed by atoms with Gasteiger partial charge in [-0.2, -0.15) is 0 Å². The van der Waals surface area contributed by atoms with E-state index < -0.39 is 0 Å². The predicted octanol–water partition coefficient (Wildman–Crippen LogP) is 5.39. The molecule has 7 rings (SSSR count). The zero-order chi connectivity index (χ0) is 23.1. The summed E-state index contributed by atoms with van der Waals surface area (Å²) in [6.45, 7) is 2.72. The smallest absolute Gasteiger partial charge is 0.247 e. The molecule has 3 aliphatic carbocycles. The van der Waals surface area contributed by atoms with Gasteiger partial charge in [0.15, 0.2) is 0 Å². The molecule has 2 bridgehead atoms. The van der Waals surface area contributed by atoms with Crippen molar-refractivity contribution in [1.29, 1.82) is 0 Å². The van der Waals surface area contributed by atoms with Gasteiger partial charge in [-0.15, -0.1) is 10.2 Å². The quantitative estimate of drug-likeness (QED) is 0.428. The highest BCUT2D eigenvalue weighted by Crippen LogP contribution is 2.55. The van der Waals surface area contributed by atoms with Gasteiger partial charge in [0.1, 0.15) is 0 Å². The number of hydrogen-bond acceptors (Lipinski definition) is 4. The van der Waals surface area contributed by atoms with Gasteiger partial charge in [-0.05, 0) is 53.6 Å². The molecule has 4 aromatic rings. The molecule has 170 valence electrons. The molecule has 1 atom stereocenters. The summed E-state index contributed by atoms with van der Waals surface area (Å²) in [5.41, 5.74) is 7.82. The van der Waals surface area contributed by atoms with E-state index in [0.717, 1.165) is 12.0 Å². The SMILES string of the molecule is Cc1ccc(-c2nnc(CCC(=O)NCC3CC4c5ccccc5C3c3ccccc34)o2)cc1. The predicted molar refractivity (Wildman–Crippen MR) is 130 cm³/mol. The van der Waals surface area contributed by atoms with Crippen LogP contribution in [0.25, 0.3) is 11.5 Å². The first kappa shape index (κ1) is 20.8. The van der Waals surface area contributed by atoms with Crippen LogP contribution in [-0.4, -0.2) is 22.6 Å². The lowest BCUT2D eigenvalue weighted by molar-refractivity contribution is -0.121. The summed E-state index contributed by atoms with van der Waals surface area (Å²) in [7, 11) is 0. The third-order valence-electron chi connectivity index (χ3n) is 7.32. The number of hydrogen-bond donors (Lipinski definition) is 1. The minimum absolute atomic E-state index is 0.0260. The van der Waals surface area contributed by atoms with Crippen LogP contribution < -0.4 is 5.32 Å². The number of aromatic nitrogens is 2. The molecule has 1 N–H and O–H groups in total. The van der Waals surface area contributed by atoms with Gasteiger partial charge in [-0.3, -0.25) is 4.79 Å². The van der Waals surface area contributed by atoms with Crippen LogP contribution in [0.2, 0.25) is 0 Å². The Balaban J connectivity index is 1.09.